The molecule has 1 N–H and O–H groups in total. The largest absolute Gasteiger partial charge is 0.481 e. The number of aromatic nitrogens is 4. The lowest BCUT2D eigenvalue weighted by Crippen LogP contribution is -2.34. The van der Waals surface area contributed by atoms with Gasteiger partial charge in [-0.1, -0.05) is 12.1 Å². The highest BCUT2D eigenvalue weighted by atomic mass is 16.4. The maximum atomic E-state index is 13.6. The first-order chi connectivity index (χ1) is 17.9. The first kappa shape index (κ1) is 24.6. The normalized spacial score (nSPS) is 16.3. The van der Waals surface area contributed by atoms with Crippen LogP contribution >= 0.6 is 0 Å². The van der Waals surface area contributed by atoms with Crippen LogP contribution in [0.15, 0.2) is 60.8 Å². The number of hydrogen-bond donors (Lipinski definition) is 1. The minimum Gasteiger partial charge on any atom is -0.481 e. The second-order valence-electron chi connectivity index (χ2n) is 9.91. The van der Waals surface area contributed by atoms with Crippen LogP contribution in [0.25, 0.3) is 16.7 Å². The fraction of sp³-hybridized carbons (Fsp3) is 0.345. The van der Waals surface area contributed by atoms with Gasteiger partial charge in [-0.05, 0) is 87.1 Å². The third-order valence-electron chi connectivity index (χ3n) is 7.13. The van der Waals surface area contributed by atoms with Crippen LogP contribution in [-0.4, -0.2) is 54.7 Å². The van der Waals surface area contributed by atoms with Crippen LogP contribution in [0, 0.1) is 19.8 Å². The maximum absolute atomic E-state index is 13.6. The number of aryl methyl sites for hydroxylation is 3. The number of carbonyl (C=O) groups excluding carboxylic acids is 1. The van der Waals surface area contributed by atoms with Crippen molar-refractivity contribution in [3.63, 3.8) is 0 Å². The van der Waals surface area contributed by atoms with Gasteiger partial charge in [0.2, 0.25) is 5.91 Å². The Kier molecular flexibility index (Phi) is 6.99. The van der Waals surface area contributed by atoms with Gasteiger partial charge in [0.1, 0.15) is 0 Å². The molecule has 0 spiro atoms. The number of amides is 1. The summed E-state index contributed by atoms with van der Waals surface area (Å²) in [4.78, 5) is 36.2. The van der Waals surface area contributed by atoms with Gasteiger partial charge in [0.15, 0.2) is 5.65 Å². The van der Waals surface area contributed by atoms with Gasteiger partial charge in [0.05, 0.1) is 23.7 Å². The number of fused-ring (bicyclic) bond motifs is 1. The van der Waals surface area contributed by atoms with Crippen molar-refractivity contribution in [2.24, 2.45) is 5.92 Å². The molecule has 3 aromatic heterocycles. The molecule has 190 valence electrons. The number of aliphatic carboxylic acids is 1. The van der Waals surface area contributed by atoms with Crippen molar-refractivity contribution in [2.75, 3.05) is 13.1 Å². The van der Waals surface area contributed by atoms with Gasteiger partial charge in [-0.3, -0.25) is 9.59 Å². The molecule has 8 heteroatoms. The molecular weight excluding hydrogens is 466 g/mol. The zero-order valence-electron chi connectivity index (χ0n) is 21.2. The quantitative estimate of drug-likeness (QED) is 0.385. The van der Waals surface area contributed by atoms with Gasteiger partial charge in [-0.2, -0.15) is 5.10 Å². The lowest BCUT2D eigenvalue weighted by Gasteiger charge is -2.23. The van der Waals surface area contributed by atoms with E-state index in [0.717, 1.165) is 53.1 Å². The Balaban J connectivity index is 1.27. The molecule has 1 amide bonds. The molecule has 4 aromatic rings. The molecule has 1 saturated heterocycles. The van der Waals surface area contributed by atoms with E-state index in [1.807, 2.05) is 78.0 Å². The SMILES string of the molecule is Cc1cc(C)n(-c2cccc(C(CC(=O)O)C(=O)N3CCC(CCc4ccc5cccnc5n4)C3)c2)n1. The predicted octanol–water partition coefficient (Wildman–Crippen LogP) is 4.47. The molecule has 0 radical (unpaired) electrons. The highest BCUT2D eigenvalue weighted by Crippen LogP contribution is 2.29. The molecule has 37 heavy (non-hydrogen) atoms. The van der Waals surface area contributed by atoms with E-state index in [0.29, 0.717) is 24.6 Å². The van der Waals surface area contributed by atoms with Crippen molar-refractivity contribution in [3.05, 3.63) is 83.4 Å². The van der Waals surface area contributed by atoms with E-state index in [1.54, 1.807) is 6.20 Å². The molecule has 2 unspecified atom stereocenters. The molecule has 0 aliphatic carbocycles. The third kappa shape index (κ3) is 5.53. The standard InChI is InChI=1S/C29H31N5O3/c1-19-15-20(2)34(32-19)25-7-3-5-23(16-25)26(17-27(35)36)29(37)33-14-12-21(18-33)8-10-24-11-9-22-6-4-13-30-28(22)31-24/h3-7,9,11,13,15-16,21,26H,8,10,12,14,17-18H2,1-2H3,(H,35,36). The number of carboxylic acids is 1. The van der Waals surface area contributed by atoms with Gasteiger partial charge in [-0.15, -0.1) is 0 Å². The summed E-state index contributed by atoms with van der Waals surface area (Å²) in [7, 11) is 0. The van der Waals surface area contributed by atoms with Crippen LogP contribution in [-0.2, 0) is 16.0 Å². The predicted molar refractivity (Wildman–Crippen MR) is 141 cm³/mol. The molecule has 1 aromatic carbocycles. The lowest BCUT2D eigenvalue weighted by atomic mass is 9.93. The Hall–Kier alpha value is -4.07. The fourth-order valence-corrected chi connectivity index (χ4v) is 5.26. The smallest absolute Gasteiger partial charge is 0.304 e. The second kappa shape index (κ2) is 10.5. The van der Waals surface area contributed by atoms with Crippen molar-refractivity contribution < 1.29 is 14.7 Å². The lowest BCUT2D eigenvalue weighted by molar-refractivity contribution is -0.141. The van der Waals surface area contributed by atoms with E-state index < -0.39 is 11.9 Å². The fourth-order valence-electron chi connectivity index (χ4n) is 5.26. The first-order valence-electron chi connectivity index (χ1n) is 12.7. The number of hydrogen-bond acceptors (Lipinski definition) is 5. The summed E-state index contributed by atoms with van der Waals surface area (Å²) in [5.74, 6) is -1.48. The Morgan fingerprint density at radius 3 is 2.76 bits per heavy atom. The summed E-state index contributed by atoms with van der Waals surface area (Å²) in [5.41, 5.74) is 5.16. The Bertz CT molecular complexity index is 1450. The van der Waals surface area contributed by atoms with Crippen LogP contribution < -0.4 is 0 Å². The molecule has 4 heterocycles. The van der Waals surface area contributed by atoms with Gasteiger partial charge in [0.25, 0.3) is 0 Å². The number of benzene rings is 1. The van der Waals surface area contributed by atoms with Crippen LogP contribution in [0.1, 0.15) is 47.8 Å². The summed E-state index contributed by atoms with van der Waals surface area (Å²) >= 11 is 0. The summed E-state index contributed by atoms with van der Waals surface area (Å²) in [6, 6.07) is 17.5. The van der Waals surface area contributed by atoms with Crippen LogP contribution in [0.5, 0.6) is 0 Å². The van der Waals surface area contributed by atoms with E-state index in [4.69, 9.17) is 0 Å². The summed E-state index contributed by atoms with van der Waals surface area (Å²) < 4.78 is 1.82. The van der Waals surface area contributed by atoms with E-state index in [9.17, 15) is 14.7 Å². The van der Waals surface area contributed by atoms with Crippen molar-refractivity contribution in [3.8, 4) is 5.69 Å². The molecule has 1 aliphatic rings. The van der Waals surface area contributed by atoms with Crippen molar-refractivity contribution in [2.45, 2.75) is 45.4 Å². The molecule has 1 fully saturated rings. The van der Waals surface area contributed by atoms with Crippen molar-refractivity contribution in [1.29, 1.82) is 0 Å². The van der Waals surface area contributed by atoms with Crippen molar-refractivity contribution >= 4 is 22.9 Å². The molecule has 8 nitrogen and oxygen atoms in total. The number of likely N-dealkylation sites (tertiary alicyclic amines) is 1. The minimum absolute atomic E-state index is 0.122. The van der Waals surface area contributed by atoms with E-state index in [-0.39, 0.29) is 12.3 Å². The Labute approximate surface area is 216 Å². The second-order valence-corrected chi connectivity index (χ2v) is 9.91. The average Bonchev–Trinajstić information content (AvgIpc) is 3.51. The highest BCUT2D eigenvalue weighted by Gasteiger charge is 2.33. The first-order valence-corrected chi connectivity index (χ1v) is 12.7. The Morgan fingerprint density at radius 2 is 1.97 bits per heavy atom. The van der Waals surface area contributed by atoms with Crippen LogP contribution in [0.2, 0.25) is 0 Å². The zero-order chi connectivity index (χ0) is 25.9. The maximum Gasteiger partial charge on any atom is 0.304 e. The van der Waals surface area contributed by atoms with Gasteiger partial charge in [-0.25, -0.2) is 14.6 Å². The topological polar surface area (TPSA) is 101 Å². The molecule has 0 saturated carbocycles. The molecule has 2 atom stereocenters. The van der Waals surface area contributed by atoms with E-state index in [2.05, 4.69) is 15.1 Å². The summed E-state index contributed by atoms with van der Waals surface area (Å²) in [6.07, 6.45) is 4.16. The number of rotatable bonds is 8. The number of nitrogens with zero attached hydrogens (tertiary/aromatic N) is 5. The number of carboxylic acid groups (broad SMARTS) is 1. The van der Waals surface area contributed by atoms with Crippen LogP contribution in [0.3, 0.4) is 0 Å². The molecule has 5 rings (SSSR count). The Morgan fingerprint density at radius 1 is 1.11 bits per heavy atom. The molecule has 0 bridgehead atoms. The highest BCUT2D eigenvalue weighted by molar-refractivity contribution is 5.88. The zero-order valence-corrected chi connectivity index (χ0v) is 21.2. The minimum atomic E-state index is -0.985. The van der Waals surface area contributed by atoms with Gasteiger partial charge in [0, 0.05) is 36.1 Å². The van der Waals surface area contributed by atoms with Crippen molar-refractivity contribution in [1.82, 2.24) is 24.6 Å². The molecule has 1 aliphatic heterocycles. The average molecular weight is 498 g/mol. The van der Waals surface area contributed by atoms with Gasteiger partial charge < -0.3 is 10.0 Å². The van der Waals surface area contributed by atoms with E-state index in [1.165, 1.54) is 0 Å². The molecular formula is C29H31N5O3. The monoisotopic (exact) mass is 497 g/mol. The summed E-state index contributed by atoms with van der Waals surface area (Å²) in [5, 5.41) is 15.2. The van der Waals surface area contributed by atoms with Crippen LogP contribution in [0.4, 0.5) is 0 Å². The summed E-state index contributed by atoms with van der Waals surface area (Å²) in [6.45, 7) is 5.18. The number of carbonyl (C=O) groups is 2. The van der Waals surface area contributed by atoms with Gasteiger partial charge >= 0.3 is 5.97 Å². The third-order valence-corrected chi connectivity index (χ3v) is 7.13. The number of pyridine rings is 2. The van der Waals surface area contributed by atoms with E-state index >= 15 is 0 Å².